The first-order valence-electron chi connectivity index (χ1n) is 18.7. The van der Waals surface area contributed by atoms with Crippen molar-refractivity contribution in [2.75, 3.05) is 34.5 Å². The minimum atomic E-state index is -1.71. The summed E-state index contributed by atoms with van der Waals surface area (Å²) in [6.07, 6.45) is 14.8. The van der Waals surface area contributed by atoms with E-state index in [1.807, 2.05) is 0 Å². The van der Waals surface area contributed by atoms with E-state index in [4.69, 9.17) is 0 Å². The lowest BCUT2D eigenvalue weighted by molar-refractivity contribution is 0.630. The summed E-state index contributed by atoms with van der Waals surface area (Å²) in [5.74, 6) is 1.72. The maximum absolute atomic E-state index is 14.6. The Kier molecular flexibility index (Phi) is 26.7. The lowest BCUT2D eigenvalue weighted by Gasteiger charge is -2.25. The monoisotopic (exact) mass is 786 g/mol. The largest absolute Gasteiger partial charge is 0.254 e. The van der Waals surface area contributed by atoms with Gasteiger partial charge in [-0.3, -0.25) is 25.3 Å². The summed E-state index contributed by atoms with van der Waals surface area (Å²) in [5, 5.41) is 0. The van der Waals surface area contributed by atoms with Crippen molar-refractivity contribution in [2.45, 2.75) is 186 Å². The number of benzene rings is 1. The van der Waals surface area contributed by atoms with E-state index in [0.717, 1.165) is 77.0 Å². The van der Waals surface area contributed by atoms with E-state index in [0.29, 0.717) is 38.5 Å². The Morgan fingerprint density at radius 1 is 0.250 bits per heavy atom. The second-order valence-corrected chi connectivity index (χ2v) is 21.6. The summed E-state index contributed by atoms with van der Waals surface area (Å²) >= 11 is 0. The third-order valence-corrected chi connectivity index (χ3v) is 18.1. The molecule has 0 saturated heterocycles. The van der Waals surface area contributed by atoms with Crippen LogP contribution in [0.5, 0.6) is 0 Å². The standard InChI is InChI=1S/C36H66O6S6/c1-7-13-19-25-43(37)31-32(44(38)26-20-14-8-2)34(46(40)28-22-16-10-4)36(48(42)30-24-18-12-6)35(47(41)29-23-17-11-5)33(31)45(39)27-21-15-9-3/h7-30H2,1-6H3. The molecule has 0 amide bonds. The van der Waals surface area contributed by atoms with Gasteiger partial charge in [0.2, 0.25) is 0 Å². The molecule has 6 nitrogen and oxygen atoms in total. The lowest BCUT2D eigenvalue weighted by Crippen LogP contribution is -2.22. The molecule has 0 aliphatic heterocycles. The van der Waals surface area contributed by atoms with Crippen molar-refractivity contribution in [3.63, 3.8) is 0 Å². The zero-order valence-corrected chi connectivity index (χ0v) is 35.8. The van der Waals surface area contributed by atoms with Gasteiger partial charge in [0, 0.05) is 34.5 Å². The maximum Gasteiger partial charge on any atom is 0.0736 e. The molecule has 282 valence electrons. The number of unbranched alkanes of at least 4 members (excludes halogenated alkanes) is 12. The highest BCUT2D eigenvalue weighted by molar-refractivity contribution is 7.93. The predicted octanol–water partition coefficient (Wildman–Crippen LogP) is 9.47. The van der Waals surface area contributed by atoms with Gasteiger partial charge < -0.3 is 0 Å². The molecule has 0 spiro atoms. The molecule has 6 atom stereocenters. The van der Waals surface area contributed by atoms with E-state index in [9.17, 15) is 25.3 Å². The van der Waals surface area contributed by atoms with Crippen LogP contribution in [-0.4, -0.2) is 59.8 Å². The van der Waals surface area contributed by atoms with Crippen LogP contribution in [-0.2, 0) is 64.8 Å². The van der Waals surface area contributed by atoms with Gasteiger partial charge in [-0.25, -0.2) is 0 Å². The fourth-order valence-electron chi connectivity index (χ4n) is 5.37. The van der Waals surface area contributed by atoms with Gasteiger partial charge in [-0.2, -0.15) is 0 Å². The van der Waals surface area contributed by atoms with Crippen LogP contribution in [0.3, 0.4) is 0 Å². The fraction of sp³-hybridized carbons (Fsp3) is 0.833. The van der Waals surface area contributed by atoms with Crippen molar-refractivity contribution in [2.24, 2.45) is 0 Å². The Balaban J connectivity index is 4.49. The molecule has 48 heavy (non-hydrogen) atoms. The van der Waals surface area contributed by atoms with E-state index >= 15 is 0 Å². The molecule has 0 bridgehead atoms. The Hall–Kier alpha value is 0.120. The van der Waals surface area contributed by atoms with Gasteiger partial charge in [-0.15, -0.1) is 0 Å². The van der Waals surface area contributed by atoms with E-state index in [-0.39, 0.29) is 63.9 Å². The molecule has 12 heteroatoms. The Labute approximate surface area is 309 Å². The maximum atomic E-state index is 14.6. The number of hydrogen-bond acceptors (Lipinski definition) is 6. The second kappa shape index (κ2) is 27.7. The van der Waals surface area contributed by atoms with Crippen molar-refractivity contribution >= 4 is 64.8 Å². The molecule has 0 fully saturated rings. The van der Waals surface area contributed by atoms with Gasteiger partial charge in [0.1, 0.15) is 0 Å². The van der Waals surface area contributed by atoms with Gasteiger partial charge in [0.05, 0.1) is 94.2 Å². The third-order valence-electron chi connectivity index (χ3n) is 8.20. The van der Waals surface area contributed by atoms with E-state index < -0.39 is 64.8 Å². The van der Waals surface area contributed by atoms with Crippen molar-refractivity contribution in [1.29, 1.82) is 0 Å². The van der Waals surface area contributed by atoms with Crippen LogP contribution in [0.1, 0.15) is 157 Å². The summed E-state index contributed by atoms with van der Waals surface area (Å²) in [5.41, 5.74) is 0. The van der Waals surface area contributed by atoms with Crippen molar-refractivity contribution in [1.82, 2.24) is 0 Å². The molecule has 1 rings (SSSR count). The Morgan fingerprint density at radius 3 is 0.479 bits per heavy atom. The SMILES string of the molecule is CCCCCS(=O)c1c(S(=O)CCCCC)c(S(=O)CCCCC)c(S(=O)CCCCC)c(S(=O)CCCCC)c1S(=O)CCCCC. The van der Waals surface area contributed by atoms with E-state index in [1.165, 1.54) is 0 Å². The minimum Gasteiger partial charge on any atom is -0.254 e. The Bertz CT molecular complexity index is 972. The van der Waals surface area contributed by atoms with Crippen LogP contribution in [0.25, 0.3) is 0 Å². The Morgan fingerprint density at radius 2 is 0.375 bits per heavy atom. The van der Waals surface area contributed by atoms with Crippen molar-refractivity contribution < 1.29 is 25.3 Å². The number of rotatable bonds is 30. The van der Waals surface area contributed by atoms with Crippen LogP contribution in [0.4, 0.5) is 0 Å². The van der Waals surface area contributed by atoms with Crippen molar-refractivity contribution in [3.05, 3.63) is 0 Å². The van der Waals surface area contributed by atoms with Gasteiger partial charge in [-0.1, -0.05) is 119 Å². The molecule has 0 heterocycles. The van der Waals surface area contributed by atoms with Crippen LogP contribution in [0.15, 0.2) is 29.4 Å². The molecule has 1 aromatic rings. The highest BCUT2D eigenvalue weighted by Gasteiger charge is 2.37. The average Bonchev–Trinajstić information content (AvgIpc) is 3.07. The molecular formula is C36H66O6S6. The smallest absolute Gasteiger partial charge is 0.0736 e. The molecule has 0 aliphatic rings. The summed E-state index contributed by atoms with van der Waals surface area (Å²) in [6, 6.07) is 0. The zero-order valence-electron chi connectivity index (χ0n) is 30.9. The third kappa shape index (κ3) is 15.4. The minimum absolute atomic E-state index is 0.225. The van der Waals surface area contributed by atoms with Gasteiger partial charge >= 0.3 is 0 Å². The molecule has 0 radical (unpaired) electrons. The lowest BCUT2D eigenvalue weighted by atomic mass is 10.3. The van der Waals surface area contributed by atoms with Crippen molar-refractivity contribution in [3.8, 4) is 0 Å². The highest BCUT2D eigenvalue weighted by atomic mass is 32.2. The van der Waals surface area contributed by atoms with Crippen LogP contribution in [0.2, 0.25) is 0 Å². The molecule has 0 N–H and O–H groups in total. The van der Waals surface area contributed by atoms with E-state index in [1.54, 1.807) is 0 Å². The van der Waals surface area contributed by atoms with Gasteiger partial charge in [-0.05, 0) is 38.5 Å². The zero-order chi connectivity index (χ0) is 35.9. The quantitative estimate of drug-likeness (QED) is 0.0721. The second-order valence-electron chi connectivity index (χ2n) is 12.5. The average molecular weight is 787 g/mol. The molecule has 0 saturated carbocycles. The first kappa shape index (κ1) is 46.1. The van der Waals surface area contributed by atoms with E-state index in [2.05, 4.69) is 41.5 Å². The first-order chi connectivity index (χ1) is 23.2. The summed E-state index contributed by atoms with van der Waals surface area (Å²) in [6.45, 7) is 12.4. The van der Waals surface area contributed by atoms with Crippen LogP contribution in [0, 0.1) is 0 Å². The number of hydrogen-bond donors (Lipinski definition) is 0. The summed E-state index contributed by atoms with van der Waals surface area (Å²) < 4.78 is 87.4. The first-order valence-corrected chi connectivity index (χ1v) is 26.6. The molecule has 1 aromatic carbocycles. The molecule has 6 unspecified atom stereocenters. The van der Waals surface area contributed by atoms with Gasteiger partial charge in [0.15, 0.2) is 0 Å². The highest BCUT2D eigenvalue weighted by Crippen LogP contribution is 2.42. The van der Waals surface area contributed by atoms with Crippen LogP contribution >= 0.6 is 0 Å². The fourth-order valence-corrected chi connectivity index (χ4v) is 16.8. The van der Waals surface area contributed by atoms with Gasteiger partial charge in [0.25, 0.3) is 0 Å². The molecular weight excluding hydrogens is 721 g/mol. The topological polar surface area (TPSA) is 102 Å². The summed E-state index contributed by atoms with van der Waals surface area (Å²) in [7, 11) is -10.3. The molecule has 0 aromatic heterocycles. The normalized spacial score (nSPS) is 15.6. The molecule has 0 aliphatic carbocycles. The summed E-state index contributed by atoms with van der Waals surface area (Å²) in [4.78, 5) is 1.35. The predicted molar refractivity (Wildman–Crippen MR) is 211 cm³/mol. The van der Waals surface area contributed by atoms with Crippen LogP contribution < -0.4 is 0 Å².